The second-order valence-electron chi connectivity index (χ2n) is 8.49. The van der Waals surface area contributed by atoms with Gasteiger partial charge >= 0.3 is 0 Å². The zero-order valence-electron chi connectivity index (χ0n) is 14.7. The summed E-state index contributed by atoms with van der Waals surface area (Å²) in [5.74, 6) is 1.06. The average Bonchev–Trinajstić information content (AvgIpc) is 2.36. The lowest BCUT2D eigenvalue weighted by Gasteiger charge is -2.29. The van der Waals surface area contributed by atoms with Crippen LogP contribution in [0.2, 0.25) is 0 Å². The molecule has 21 heavy (non-hydrogen) atoms. The van der Waals surface area contributed by atoms with Gasteiger partial charge in [-0.15, -0.1) is 0 Å². The molecule has 1 aromatic carbocycles. The minimum atomic E-state index is 0.228. The molecule has 1 aliphatic rings. The van der Waals surface area contributed by atoms with Crippen LogP contribution < -0.4 is 0 Å². The highest BCUT2D eigenvalue weighted by Gasteiger charge is 2.24. The maximum Gasteiger partial charge on any atom is 0.00815 e. The first-order chi connectivity index (χ1) is 9.59. The molecule has 0 saturated carbocycles. The Morgan fingerprint density at radius 2 is 1.38 bits per heavy atom. The van der Waals surface area contributed by atoms with Crippen molar-refractivity contribution in [1.82, 2.24) is 0 Å². The molecule has 0 amide bonds. The van der Waals surface area contributed by atoms with Crippen LogP contribution in [-0.4, -0.2) is 0 Å². The molecular formula is C21H30. The minimum Gasteiger partial charge on any atom is -0.0770 e. The Kier molecular flexibility index (Phi) is 4.19. The first-order valence-corrected chi connectivity index (χ1v) is 8.10. The third-order valence-corrected chi connectivity index (χ3v) is 4.52. The van der Waals surface area contributed by atoms with E-state index in [1.54, 1.807) is 0 Å². The van der Waals surface area contributed by atoms with Crippen molar-refractivity contribution in [2.45, 2.75) is 59.8 Å². The number of hydrogen-bond acceptors (Lipinski definition) is 0. The van der Waals surface area contributed by atoms with Crippen molar-refractivity contribution >= 4 is 0 Å². The monoisotopic (exact) mass is 282 g/mol. The normalized spacial score (nSPS) is 23.1. The fourth-order valence-corrected chi connectivity index (χ4v) is 2.95. The van der Waals surface area contributed by atoms with E-state index < -0.39 is 0 Å². The van der Waals surface area contributed by atoms with Gasteiger partial charge in [-0.25, -0.2) is 0 Å². The number of rotatable bonds is 1. The summed E-state index contributed by atoms with van der Waals surface area (Å²) in [6.07, 6.45) is 7.15. The molecule has 2 unspecified atom stereocenters. The molecule has 0 nitrogen and oxygen atoms in total. The topological polar surface area (TPSA) is 0 Å². The summed E-state index contributed by atoms with van der Waals surface area (Å²) in [5.41, 5.74) is 4.76. The zero-order chi connectivity index (χ0) is 15.8. The molecule has 0 saturated heterocycles. The molecule has 114 valence electrons. The summed E-state index contributed by atoms with van der Waals surface area (Å²) in [5, 5.41) is 0. The van der Waals surface area contributed by atoms with Gasteiger partial charge in [0.1, 0.15) is 0 Å². The van der Waals surface area contributed by atoms with E-state index in [9.17, 15) is 0 Å². The van der Waals surface area contributed by atoms with Gasteiger partial charge in [-0.05, 0) is 33.4 Å². The SMILES string of the molecule is CC1C=C(C(C)(C)C)C=CC1c1ccc(C(C)(C)C)cc1. The first kappa shape index (κ1) is 16.1. The third-order valence-electron chi connectivity index (χ3n) is 4.52. The Balaban J connectivity index is 2.22. The van der Waals surface area contributed by atoms with Gasteiger partial charge in [0.2, 0.25) is 0 Å². The first-order valence-electron chi connectivity index (χ1n) is 8.10. The number of hydrogen-bond donors (Lipinski definition) is 0. The Morgan fingerprint density at radius 1 is 0.810 bits per heavy atom. The average molecular weight is 282 g/mol. The molecule has 0 aliphatic heterocycles. The maximum atomic E-state index is 2.45. The minimum absolute atomic E-state index is 0.228. The lowest BCUT2D eigenvalue weighted by Crippen LogP contribution is -2.16. The molecule has 0 fully saturated rings. The van der Waals surface area contributed by atoms with Crippen LogP contribution >= 0.6 is 0 Å². The number of allylic oxidation sites excluding steroid dienone is 4. The summed E-state index contributed by atoms with van der Waals surface area (Å²) in [4.78, 5) is 0. The summed E-state index contributed by atoms with van der Waals surface area (Å²) in [6.45, 7) is 16.0. The molecule has 0 radical (unpaired) electrons. The van der Waals surface area contributed by atoms with Crippen molar-refractivity contribution in [3.63, 3.8) is 0 Å². The fraction of sp³-hybridized carbons (Fsp3) is 0.524. The molecule has 0 heteroatoms. The largest absolute Gasteiger partial charge is 0.0770 e. The molecule has 2 atom stereocenters. The smallest absolute Gasteiger partial charge is 0.00815 e. The molecule has 0 spiro atoms. The van der Waals surface area contributed by atoms with Crippen LogP contribution in [0.3, 0.4) is 0 Å². The molecular weight excluding hydrogens is 252 g/mol. The van der Waals surface area contributed by atoms with Crippen LogP contribution in [0.4, 0.5) is 0 Å². The molecule has 0 aromatic heterocycles. The summed E-state index contributed by atoms with van der Waals surface area (Å²) < 4.78 is 0. The van der Waals surface area contributed by atoms with Crippen molar-refractivity contribution in [1.29, 1.82) is 0 Å². The van der Waals surface area contributed by atoms with Gasteiger partial charge in [-0.1, -0.05) is 91.0 Å². The van der Waals surface area contributed by atoms with Crippen LogP contribution in [0.15, 0.2) is 48.1 Å². The van der Waals surface area contributed by atoms with Gasteiger partial charge < -0.3 is 0 Å². The third kappa shape index (κ3) is 3.67. The van der Waals surface area contributed by atoms with E-state index in [1.165, 1.54) is 16.7 Å². The lowest BCUT2D eigenvalue weighted by molar-refractivity contribution is 0.496. The van der Waals surface area contributed by atoms with Gasteiger partial charge in [-0.2, -0.15) is 0 Å². The van der Waals surface area contributed by atoms with Crippen molar-refractivity contribution in [2.75, 3.05) is 0 Å². The summed E-state index contributed by atoms with van der Waals surface area (Å²) in [6, 6.07) is 9.20. The van der Waals surface area contributed by atoms with Crippen LogP contribution in [0.1, 0.15) is 65.5 Å². The van der Waals surface area contributed by atoms with Crippen LogP contribution in [-0.2, 0) is 5.41 Å². The second-order valence-corrected chi connectivity index (χ2v) is 8.49. The van der Waals surface area contributed by atoms with E-state index in [4.69, 9.17) is 0 Å². The molecule has 0 heterocycles. The Hall–Kier alpha value is -1.30. The van der Waals surface area contributed by atoms with E-state index in [0.29, 0.717) is 11.8 Å². The number of benzene rings is 1. The van der Waals surface area contributed by atoms with Crippen LogP contribution in [0.5, 0.6) is 0 Å². The highest BCUT2D eigenvalue weighted by molar-refractivity contribution is 5.38. The fourth-order valence-electron chi connectivity index (χ4n) is 2.95. The Labute approximate surface area is 131 Å². The van der Waals surface area contributed by atoms with Gasteiger partial charge in [0.15, 0.2) is 0 Å². The van der Waals surface area contributed by atoms with Gasteiger partial charge in [0.25, 0.3) is 0 Å². The van der Waals surface area contributed by atoms with Gasteiger partial charge in [0, 0.05) is 5.92 Å². The predicted molar refractivity (Wildman–Crippen MR) is 93.7 cm³/mol. The Bertz CT molecular complexity index is 541. The molecule has 2 rings (SSSR count). The van der Waals surface area contributed by atoms with Crippen LogP contribution in [0.25, 0.3) is 0 Å². The quantitative estimate of drug-likeness (QED) is 0.571. The molecule has 0 bridgehead atoms. The zero-order valence-corrected chi connectivity index (χ0v) is 14.7. The van der Waals surface area contributed by atoms with Gasteiger partial charge in [0.05, 0.1) is 0 Å². The van der Waals surface area contributed by atoms with E-state index >= 15 is 0 Å². The molecule has 1 aliphatic carbocycles. The van der Waals surface area contributed by atoms with E-state index in [2.05, 4.69) is 91.0 Å². The van der Waals surface area contributed by atoms with Crippen molar-refractivity contribution in [3.05, 3.63) is 59.2 Å². The Morgan fingerprint density at radius 3 is 1.81 bits per heavy atom. The lowest BCUT2D eigenvalue weighted by atomic mass is 9.75. The van der Waals surface area contributed by atoms with E-state index in [-0.39, 0.29) is 10.8 Å². The highest BCUT2D eigenvalue weighted by Crippen LogP contribution is 2.38. The maximum absolute atomic E-state index is 2.45. The van der Waals surface area contributed by atoms with Gasteiger partial charge in [-0.3, -0.25) is 0 Å². The van der Waals surface area contributed by atoms with Crippen LogP contribution in [0, 0.1) is 11.3 Å². The summed E-state index contributed by atoms with van der Waals surface area (Å²) in [7, 11) is 0. The van der Waals surface area contributed by atoms with E-state index in [0.717, 1.165) is 0 Å². The highest BCUT2D eigenvalue weighted by atomic mass is 14.3. The summed E-state index contributed by atoms with van der Waals surface area (Å²) >= 11 is 0. The van der Waals surface area contributed by atoms with Crippen molar-refractivity contribution < 1.29 is 0 Å². The van der Waals surface area contributed by atoms with Crippen molar-refractivity contribution in [3.8, 4) is 0 Å². The van der Waals surface area contributed by atoms with E-state index in [1.807, 2.05) is 0 Å². The molecule has 0 N–H and O–H groups in total. The molecule has 1 aromatic rings. The van der Waals surface area contributed by atoms with Crippen molar-refractivity contribution in [2.24, 2.45) is 11.3 Å². The predicted octanol–water partition coefficient (Wildman–Crippen LogP) is 6.25. The second kappa shape index (κ2) is 5.48. The standard InChI is InChI=1S/C21H30/c1-15-14-18(21(5,6)7)12-13-19(15)16-8-10-17(11-9-16)20(2,3)4/h8-15,19H,1-7H3.